The molecular formula is C19H25N4O3S+. The van der Waals surface area contributed by atoms with E-state index in [4.69, 9.17) is 0 Å². The zero-order chi connectivity index (χ0) is 19.3. The summed E-state index contributed by atoms with van der Waals surface area (Å²) < 4.78 is 27.7. The number of benzene rings is 2. The molecule has 0 spiro atoms. The van der Waals surface area contributed by atoms with Crippen molar-refractivity contribution in [3.63, 3.8) is 0 Å². The van der Waals surface area contributed by atoms with Gasteiger partial charge in [-0.3, -0.25) is 10.2 Å². The van der Waals surface area contributed by atoms with Crippen LogP contribution in [0, 0.1) is 0 Å². The Morgan fingerprint density at radius 2 is 1.78 bits per heavy atom. The van der Waals surface area contributed by atoms with Crippen LogP contribution in [0.5, 0.6) is 0 Å². The van der Waals surface area contributed by atoms with Crippen molar-refractivity contribution in [1.82, 2.24) is 15.2 Å². The molecule has 2 aromatic carbocycles. The second kappa shape index (κ2) is 8.62. The number of hydrogen-bond donors (Lipinski definition) is 3. The van der Waals surface area contributed by atoms with Gasteiger partial charge in [0.05, 0.1) is 38.1 Å². The van der Waals surface area contributed by atoms with Crippen LogP contribution in [0.3, 0.4) is 0 Å². The molecule has 27 heavy (non-hydrogen) atoms. The van der Waals surface area contributed by atoms with Crippen LogP contribution in [0.25, 0.3) is 0 Å². The number of likely N-dealkylation sites (N-methyl/N-ethyl adjacent to an activating group) is 1. The number of hydrazine groups is 1. The van der Waals surface area contributed by atoms with E-state index >= 15 is 0 Å². The van der Waals surface area contributed by atoms with Crippen LogP contribution in [0.15, 0.2) is 59.5 Å². The topological polar surface area (TPSA) is 83.0 Å². The molecule has 0 radical (unpaired) electrons. The summed E-state index contributed by atoms with van der Waals surface area (Å²) in [4.78, 5) is 14.0. The van der Waals surface area contributed by atoms with Gasteiger partial charge in [-0.05, 0) is 23.8 Å². The van der Waals surface area contributed by atoms with Gasteiger partial charge in [-0.1, -0.05) is 36.4 Å². The van der Waals surface area contributed by atoms with E-state index in [9.17, 15) is 13.2 Å². The van der Waals surface area contributed by atoms with Gasteiger partial charge >= 0.3 is 0 Å². The maximum absolute atomic E-state index is 12.6. The Labute approximate surface area is 160 Å². The molecule has 1 saturated heterocycles. The highest BCUT2D eigenvalue weighted by Gasteiger charge is 2.20. The predicted octanol–water partition coefficient (Wildman–Crippen LogP) is -0.360. The Hall–Kier alpha value is -2.26. The lowest BCUT2D eigenvalue weighted by atomic mass is 10.2. The molecule has 1 aliphatic rings. The van der Waals surface area contributed by atoms with E-state index in [0.717, 1.165) is 31.7 Å². The number of carbonyl (C=O) groups is 1. The first kappa shape index (κ1) is 19.5. The number of amides is 1. The standard InChI is InChI=1S/C19H24N4O3S/c1-22-10-12-23(13-11-22)21-19(24)17-8-5-9-18(14-17)27(25,26)20-15-16-6-3-2-4-7-16/h2-9,14,20H,10-13,15H2,1H3,(H,21,24)/p+1. The fraction of sp³-hybridized carbons (Fsp3) is 0.316. The molecule has 1 aliphatic heterocycles. The van der Waals surface area contributed by atoms with E-state index < -0.39 is 10.0 Å². The second-order valence-corrected chi connectivity index (χ2v) is 8.49. The Balaban J connectivity index is 1.66. The van der Waals surface area contributed by atoms with Gasteiger partial charge in [0, 0.05) is 12.1 Å². The molecule has 8 heteroatoms. The summed E-state index contributed by atoms with van der Waals surface area (Å²) in [6.07, 6.45) is 0. The summed E-state index contributed by atoms with van der Waals surface area (Å²) in [5.41, 5.74) is 4.05. The molecule has 0 atom stereocenters. The van der Waals surface area contributed by atoms with Gasteiger partial charge in [-0.25, -0.2) is 18.1 Å². The first-order chi connectivity index (χ1) is 12.9. The minimum absolute atomic E-state index is 0.0777. The van der Waals surface area contributed by atoms with Gasteiger partial charge in [0.25, 0.3) is 5.91 Å². The van der Waals surface area contributed by atoms with Gasteiger partial charge in [0.15, 0.2) is 0 Å². The fourth-order valence-electron chi connectivity index (χ4n) is 2.87. The number of piperazine rings is 1. The van der Waals surface area contributed by atoms with E-state index in [0.29, 0.717) is 5.56 Å². The first-order valence-corrected chi connectivity index (χ1v) is 10.4. The minimum atomic E-state index is -3.70. The third kappa shape index (κ3) is 5.36. The molecule has 7 nitrogen and oxygen atoms in total. The van der Waals surface area contributed by atoms with Crippen molar-refractivity contribution < 1.29 is 18.1 Å². The normalized spacial score (nSPS) is 16.2. The summed E-state index contributed by atoms with van der Waals surface area (Å²) in [6.45, 7) is 3.65. The lowest BCUT2D eigenvalue weighted by molar-refractivity contribution is -0.884. The van der Waals surface area contributed by atoms with Crippen LogP contribution in [-0.2, 0) is 16.6 Å². The van der Waals surface area contributed by atoms with E-state index in [-0.39, 0.29) is 17.3 Å². The van der Waals surface area contributed by atoms with Crippen molar-refractivity contribution in [2.75, 3.05) is 33.2 Å². The molecule has 144 valence electrons. The Bertz CT molecular complexity index is 879. The summed E-state index contributed by atoms with van der Waals surface area (Å²) in [7, 11) is -1.58. The van der Waals surface area contributed by atoms with Gasteiger partial charge in [0.2, 0.25) is 10.0 Å². The van der Waals surface area contributed by atoms with Crippen LogP contribution >= 0.6 is 0 Å². The number of sulfonamides is 1. The summed E-state index contributed by atoms with van der Waals surface area (Å²) >= 11 is 0. The van der Waals surface area contributed by atoms with Gasteiger partial charge in [-0.2, -0.15) is 0 Å². The molecule has 2 aromatic rings. The largest absolute Gasteiger partial charge is 0.335 e. The third-order valence-electron chi connectivity index (χ3n) is 4.59. The lowest BCUT2D eigenvalue weighted by Crippen LogP contribution is -3.12. The Morgan fingerprint density at radius 1 is 1.07 bits per heavy atom. The number of carbonyl (C=O) groups excluding carboxylic acids is 1. The monoisotopic (exact) mass is 389 g/mol. The first-order valence-electron chi connectivity index (χ1n) is 8.95. The number of nitrogens with one attached hydrogen (secondary N) is 3. The molecule has 0 saturated carbocycles. The zero-order valence-electron chi connectivity index (χ0n) is 15.3. The summed E-state index contributed by atoms with van der Waals surface area (Å²) in [6, 6.07) is 15.4. The third-order valence-corrected chi connectivity index (χ3v) is 5.99. The average molecular weight is 390 g/mol. The van der Waals surface area contributed by atoms with Crippen LogP contribution in [0.1, 0.15) is 15.9 Å². The van der Waals surface area contributed by atoms with Crippen LogP contribution in [-0.4, -0.2) is 52.6 Å². The van der Waals surface area contributed by atoms with E-state index in [1.165, 1.54) is 17.0 Å². The minimum Gasteiger partial charge on any atom is -0.335 e. The molecule has 0 aliphatic carbocycles. The van der Waals surface area contributed by atoms with Crippen molar-refractivity contribution in [3.8, 4) is 0 Å². The second-order valence-electron chi connectivity index (χ2n) is 6.72. The fourth-order valence-corrected chi connectivity index (χ4v) is 3.93. The zero-order valence-corrected chi connectivity index (χ0v) is 16.1. The quantitative estimate of drug-likeness (QED) is 0.630. The Morgan fingerprint density at radius 3 is 2.48 bits per heavy atom. The van der Waals surface area contributed by atoms with Crippen molar-refractivity contribution >= 4 is 15.9 Å². The van der Waals surface area contributed by atoms with E-state index in [1.54, 1.807) is 12.1 Å². The van der Waals surface area contributed by atoms with E-state index in [2.05, 4.69) is 17.2 Å². The summed E-state index contributed by atoms with van der Waals surface area (Å²) in [5, 5.41) is 1.88. The van der Waals surface area contributed by atoms with Crippen LogP contribution in [0.4, 0.5) is 0 Å². The molecule has 1 fully saturated rings. The highest BCUT2D eigenvalue weighted by Crippen LogP contribution is 2.12. The maximum Gasteiger partial charge on any atom is 0.265 e. The van der Waals surface area contributed by atoms with Gasteiger partial charge < -0.3 is 4.90 Å². The molecule has 3 rings (SSSR count). The van der Waals surface area contributed by atoms with Crippen LogP contribution < -0.4 is 15.0 Å². The number of rotatable bonds is 6. The lowest BCUT2D eigenvalue weighted by Gasteiger charge is -2.30. The molecule has 1 heterocycles. The highest BCUT2D eigenvalue weighted by molar-refractivity contribution is 7.89. The van der Waals surface area contributed by atoms with Crippen molar-refractivity contribution in [1.29, 1.82) is 0 Å². The molecule has 3 N–H and O–H groups in total. The molecule has 0 unspecified atom stereocenters. The van der Waals surface area contributed by atoms with Gasteiger partial charge in [0.1, 0.15) is 0 Å². The van der Waals surface area contributed by atoms with E-state index in [1.807, 2.05) is 35.3 Å². The predicted molar refractivity (Wildman–Crippen MR) is 103 cm³/mol. The highest BCUT2D eigenvalue weighted by atomic mass is 32.2. The van der Waals surface area contributed by atoms with Crippen molar-refractivity contribution in [2.45, 2.75) is 11.4 Å². The smallest absolute Gasteiger partial charge is 0.265 e. The molecule has 0 bridgehead atoms. The average Bonchev–Trinajstić information content (AvgIpc) is 2.69. The molecule has 0 aromatic heterocycles. The maximum atomic E-state index is 12.6. The SMILES string of the molecule is C[NH+]1CCN(NC(=O)c2cccc(S(=O)(=O)NCc3ccccc3)c2)CC1. The van der Waals surface area contributed by atoms with Crippen LogP contribution in [0.2, 0.25) is 0 Å². The molecule has 1 amide bonds. The Kier molecular flexibility index (Phi) is 6.22. The number of hydrogen-bond acceptors (Lipinski definition) is 4. The van der Waals surface area contributed by atoms with Gasteiger partial charge in [-0.15, -0.1) is 0 Å². The number of quaternary nitrogens is 1. The number of nitrogens with zero attached hydrogens (tertiary/aromatic N) is 1. The van der Waals surface area contributed by atoms with Crippen molar-refractivity contribution in [3.05, 3.63) is 65.7 Å². The summed E-state index contributed by atoms with van der Waals surface area (Å²) in [5.74, 6) is -0.297. The molecular weight excluding hydrogens is 364 g/mol. The van der Waals surface area contributed by atoms with Crippen molar-refractivity contribution in [2.24, 2.45) is 0 Å².